The Morgan fingerprint density at radius 1 is 0.320 bits per heavy atom. The number of nitrogens with one attached hydrogen (secondary N) is 2. The standard InChI is InChI=1S/C54H122N4O12SSi4/c1-17-57(18-2)53(51-55-45-41-49-74(65-21-5,66-22-6)67-23-7,43-37-33-29-27-31-35-39-47-72(59-11,60-12)61-13)71-54(58(19-3)20-4,52-56-46-42-50-75(68-24-8,69-25-9)70-26-10)44-38-34-30-28-32-36-40-48-73(62-14,63-15)64-16/h55-56H,17-52H2,1-16H3. The largest absolute Gasteiger partial charge is 0.500 e. The summed E-state index contributed by atoms with van der Waals surface area (Å²) < 4.78 is 71.9. The lowest BCUT2D eigenvalue weighted by Gasteiger charge is -2.53. The van der Waals surface area contributed by atoms with Crippen LogP contribution in [0.5, 0.6) is 0 Å². The first kappa shape index (κ1) is 75.6. The van der Waals surface area contributed by atoms with Crippen molar-refractivity contribution in [3.63, 3.8) is 0 Å². The van der Waals surface area contributed by atoms with Crippen LogP contribution >= 0.6 is 11.8 Å². The molecule has 0 aromatic rings. The molecule has 0 aliphatic rings. The predicted octanol–water partition coefficient (Wildman–Crippen LogP) is 11.8. The lowest BCUT2D eigenvalue weighted by atomic mass is 10.0. The van der Waals surface area contributed by atoms with Gasteiger partial charge in [-0.3, -0.25) is 9.80 Å². The van der Waals surface area contributed by atoms with Crippen molar-refractivity contribution in [1.29, 1.82) is 0 Å². The van der Waals surface area contributed by atoms with Gasteiger partial charge >= 0.3 is 35.2 Å². The molecule has 0 fully saturated rings. The van der Waals surface area contributed by atoms with Crippen molar-refractivity contribution in [2.75, 3.05) is 135 Å². The number of hydrogen-bond donors (Lipinski definition) is 2. The summed E-state index contributed by atoms with van der Waals surface area (Å²) in [6, 6.07) is 3.33. The summed E-state index contributed by atoms with van der Waals surface area (Å²) >= 11 is 2.27. The van der Waals surface area contributed by atoms with Gasteiger partial charge in [-0.2, -0.15) is 0 Å². The minimum atomic E-state index is -2.76. The van der Waals surface area contributed by atoms with E-state index in [1.165, 1.54) is 77.0 Å². The molecule has 0 aromatic carbocycles. The number of unbranched alkanes of at least 4 members (excludes halogenated alkanes) is 12. The normalized spacial score (nSPS) is 14.6. The van der Waals surface area contributed by atoms with E-state index in [-0.39, 0.29) is 9.74 Å². The van der Waals surface area contributed by atoms with Crippen LogP contribution in [0.4, 0.5) is 0 Å². The minimum Gasteiger partial charge on any atom is -0.377 e. The van der Waals surface area contributed by atoms with Crippen molar-refractivity contribution in [2.24, 2.45) is 0 Å². The van der Waals surface area contributed by atoms with E-state index in [0.29, 0.717) is 39.6 Å². The van der Waals surface area contributed by atoms with Gasteiger partial charge in [0.05, 0.1) is 9.74 Å². The lowest BCUT2D eigenvalue weighted by molar-refractivity contribution is 0.0700. The van der Waals surface area contributed by atoms with Gasteiger partial charge in [-0.05, 0) is 119 Å². The van der Waals surface area contributed by atoms with Crippen LogP contribution in [-0.2, 0) is 53.1 Å². The number of thioether (sulfide) groups is 1. The molecule has 0 spiro atoms. The Labute approximate surface area is 471 Å². The Bertz CT molecular complexity index is 1150. The molecule has 452 valence electrons. The van der Waals surface area contributed by atoms with Crippen LogP contribution in [0, 0.1) is 0 Å². The molecule has 2 N–H and O–H groups in total. The molecule has 2 unspecified atom stereocenters. The Morgan fingerprint density at radius 3 is 0.800 bits per heavy atom. The van der Waals surface area contributed by atoms with Gasteiger partial charge in [0.1, 0.15) is 0 Å². The van der Waals surface area contributed by atoms with E-state index in [4.69, 9.17) is 53.1 Å². The maximum atomic E-state index is 6.29. The van der Waals surface area contributed by atoms with E-state index in [9.17, 15) is 0 Å². The van der Waals surface area contributed by atoms with Crippen molar-refractivity contribution in [1.82, 2.24) is 20.4 Å². The zero-order valence-corrected chi connectivity index (χ0v) is 56.5. The van der Waals surface area contributed by atoms with Gasteiger partial charge in [-0.25, -0.2) is 0 Å². The molecule has 2 atom stereocenters. The van der Waals surface area contributed by atoms with Gasteiger partial charge in [0, 0.05) is 120 Å². The van der Waals surface area contributed by atoms with Crippen LogP contribution in [-0.4, -0.2) is 189 Å². The van der Waals surface area contributed by atoms with Crippen LogP contribution in [0.25, 0.3) is 0 Å². The molecule has 0 heterocycles. The highest BCUT2D eigenvalue weighted by Gasteiger charge is 2.47. The summed E-state index contributed by atoms with van der Waals surface area (Å²) in [5, 5.41) is 8.18. The molecule has 75 heavy (non-hydrogen) atoms. The maximum absolute atomic E-state index is 6.29. The third-order valence-electron chi connectivity index (χ3n) is 14.7. The van der Waals surface area contributed by atoms with Crippen LogP contribution in [0.1, 0.15) is 185 Å². The summed E-state index contributed by atoms with van der Waals surface area (Å²) in [6.45, 7) is 32.8. The monoisotopic (exact) mass is 1160 g/mol. The molecular formula is C54H122N4O12SSi4. The Kier molecular flexibility index (Phi) is 46.5. The number of rotatable bonds is 58. The molecule has 0 bridgehead atoms. The first-order chi connectivity index (χ1) is 36.3. The van der Waals surface area contributed by atoms with Gasteiger partial charge in [0.2, 0.25) is 0 Å². The molecule has 0 aromatic heterocycles. The van der Waals surface area contributed by atoms with Crippen LogP contribution in [0.3, 0.4) is 0 Å². The fourth-order valence-electron chi connectivity index (χ4n) is 10.8. The first-order valence-electron chi connectivity index (χ1n) is 30.1. The van der Waals surface area contributed by atoms with Crippen LogP contribution in [0.2, 0.25) is 24.2 Å². The Morgan fingerprint density at radius 2 is 0.560 bits per heavy atom. The van der Waals surface area contributed by atoms with Gasteiger partial charge in [-0.15, -0.1) is 11.8 Å². The molecule has 0 amide bonds. The second kappa shape index (κ2) is 46.1. The molecule has 0 saturated heterocycles. The van der Waals surface area contributed by atoms with E-state index in [1.807, 2.05) is 41.5 Å². The number of hydrogen-bond acceptors (Lipinski definition) is 17. The average Bonchev–Trinajstić information content (AvgIpc) is 3.41. The summed E-state index contributed by atoms with van der Waals surface area (Å²) in [6.07, 6.45) is 20.7. The van der Waals surface area contributed by atoms with E-state index >= 15 is 0 Å². The van der Waals surface area contributed by atoms with Crippen LogP contribution < -0.4 is 10.6 Å². The minimum absolute atomic E-state index is 0.150. The highest BCUT2D eigenvalue weighted by Crippen LogP contribution is 2.47. The van der Waals surface area contributed by atoms with Gasteiger partial charge in [0.15, 0.2) is 0 Å². The van der Waals surface area contributed by atoms with Gasteiger partial charge in [0.25, 0.3) is 0 Å². The number of likely N-dealkylation sites (N-methyl/N-ethyl adjacent to an activating group) is 2. The maximum Gasteiger partial charge on any atom is 0.500 e. The second-order valence-corrected chi connectivity index (χ2v) is 32.8. The summed E-state index contributed by atoms with van der Waals surface area (Å²) in [5.74, 6) is 0. The van der Waals surface area contributed by atoms with E-state index < -0.39 is 35.2 Å². The summed E-state index contributed by atoms with van der Waals surface area (Å²) in [4.78, 5) is 5.28. The zero-order chi connectivity index (χ0) is 56.2. The van der Waals surface area contributed by atoms with Crippen molar-refractivity contribution in [3.05, 3.63) is 0 Å². The van der Waals surface area contributed by atoms with E-state index in [0.717, 1.165) is 115 Å². The van der Waals surface area contributed by atoms with Crippen LogP contribution in [0.15, 0.2) is 0 Å². The lowest BCUT2D eigenvalue weighted by Crippen LogP contribution is -2.61. The molecule has 21 heteroatoms. The highest BCUT2D eigenvalue weighted by molar-refractivity contribution is 8.02. The quantitative estimate of drug-likeness (QED) is 0.0339. The van der Waals surface area contributed by atoms with Gasteiger partial charge < -0.3 is 63.7 Å². The molecule has 0 aliphatic heterocycles. The van der Waals surface area contributed by atoms with Gasteiger partial charge in [-0.1, -0.05) is 105 Å². The molecule has 0 rings (SSSR count). The first-order valence-corrected chi connectivity index (χ1v) is 38.6. The topological polar surface area (TPSA) is 141 Å². The SMILES string of the molecule is CCO[Si](CCCNCC(CCCCCCCCC[Si](OC)(OC)OC)(SC(CCCCCCCCC[Si](OC)(OC)OC)(CNCCC[Si](OCC)(OCC)OCC)N(CC)CC)N(CC)CC)(OCC)OCC. The molecule has 0 radical (unpaired) electrons. The van der Waals surface area contributed by atoms with Crippen molar-refractivity contribution in [3.8, 4) is 0 Å². The van der Waals surface area contributed by atoms with Crippen molar-refractivity contribution >= 4 is 47.0 Å². The molecule has 16 nitrogen and oxygen atoms in total. The summed E-state index contributed by atoms with van der Waals surface area (Å²) in [5.41, 5.74) is 0. The fourth-order valence-corrected chi connectivity index (χ4v) is 21.9. The van der Waals surface area contributed by atoms with Crippen molar-refractivity contribution < 1.29 is 53.1 Å². The zero-order valence-electron chi connectivity index (χ0n) is 51.7. The fraction of sp³-hybridized carbons (Fsp3) is 1.00. The Balaban J connectivity index is 6.98. The molecule has 0 aliphatic carbocycles. The predicted molar refractivity (Wildman–Crippen MR) is 322 cm³/mol. The van der Waals surface area contributed by atoms with E-state index in [1.54, 1.807) is 42.7 Å². The smallest absolute Gasteiger partial charge is 0.377 e. The molecule has 0 saturated carbocycles. The third-order valence-corrected chi connectivity index (χ3v) is 28.6. The second-order valence-electron chi connectivity index (χ2n) is 19.4. The Hall–Kier alpha value is 0.578. The summed E-state index contributed by atoms with van der Waals surface area (Å²) in [7, 11) is -0.321. The molecular weight excluding hydrogens is 1040 g/mol. The number of nitrogens with zero attached hydrogens (tertiary/aromatic N) is 2. The third kappa shape index (κ3) is 28.9. The van der Waals surface area contributed by atoms with Crippen molar-refractivity contribution in [2.45, 2.75) is 219 Å². The highest BCUT2D eigenvalue weighted by atomic mass is 32.2. The average molecular weight is 1160 g/mol. The van der Waals surface area contributed by atoms with E-state index in [2.05, 4.69) is 59.9 Å².